The largest absolute Gasteiger partial charge is 0.450 e. The highest BCUT2D eigenvalue weighted by atomic mass is 32.2. The monoisotopic (exact) mass is 468 g/mol. The number of imide groups is 1. The molecule has 1 aliphatic rings. The van der Waals surface area contributed by atoms with Crippen LogP contribution in [0.2, 0.25) is 0 Å². The quantitative estimate of drug-likeness (QED) is 0.317. The second kappa shape index (κ2) is 9.40. The Hall–Kier alpha value is -3.38. The Morgan fingerprint density at radius 1 is 1.16 bits per heavy atom. The van der Waals surface area contributed by atoms with Gasteiger partial charge in [0.1, 0.15) is 5.75 Å². The predicted molar refractivity (Wildman–Crippen MR) is 109 cm³/mol. The number of methoxy groups -OCH3 is 1. The van der Waals surface area contributed by atoms with Crippen molar-refractivity contribution in [3.63, 3.8) is 0 Å². The fourth-order valence-electron chi connectivity index (χ4n) is 2.71. The van der Waals surface area contributed by atoms with E-state index in [0.29, 0.717) is 17.7 Å². The fourth-order valence-corrected chi connectivity index (χ4v) is 3.57. The van der Waals surface area contributed by atoms with Crippen molar-refractivity contribution in [2.75, 3.05) is 20.3 Å². The SMILES string of the molecule is COCCN1C(=O)S/C(=C/c2ccc(Oc3ccc(C(F)(F)F)cc3[N+](=O)[O-])cc2)C1=O. The van der Waals surface area contributed by atoms with Gasteiger partial charge in [-0.3, -0.25) is 24.6 Å². The van der Waals surface area contributed by atoms with Crippen molar-refractivity contribution >= 4 is 34.7 Å². The number of halogens is 3. The zero-order valence-corrected chi connectivity index (χ0v) is 17.2. The van der Waals surface area contributed by atoms with E-state index in [2.05, 4.69) is 0 Å². The van der Waals surface area contributed by atoms with Crippen LogP contribution in [0.1, 0.15) is 11.1 Å². The van der Waals surface area contributed by atoms with E-state index in [4.69, 9.17) is 9.47 Å². The standard InChI is InChI=1S/C20H15F3N2O6S/c1-30-9-8-24-18(26)17(32-19(24)27)10-12-2-5-14(6-3-12)31-16-7-4-13(20(21,22)23)11-15(16)25(28)29/h2-7,10-11H,8-9H2,1H3/b17-10+. The van der Waals surface area contributed by atoms with E-state index in [1.807, 2.05) is 0 Å². The minimum absolute atomic E-state index is 0.136. The van der Waals surface area contributed by atoms with Crippen LogP contribution in [0, 0.1) is 10.1 Å². The number of rotatable bonds is 7. The molecular formula is C20H15F3N2O6S. The van der Waals surface area contributed by atoms with Crippen LogP contribution in [0.15, 0.2) is 47.4 Å². The van der Waals surface area contributed by atoms with Crippen LogP contribution in [-0.2, 0) is 15.7 Å². The van der Waals surface area contributed by atoms with E-state index in [1.165, 1.54) is 37.5 Å². The van der Waals surface area contributed by atoms with Gasteiger partial charge in [0.15, 0.2) is 0 Å². The number of thioether (sulfide) groups is 1. The van der Waals surface area contributed by atoms with Gasteiger partial charge in [-0.25, -0.2) is 0 Å². The second-order valence-corrected chi connectivity index (χ2v) is 7.43. The molecule has 0 atom stereocenters. The minimum atomic E-state index is -4.73. The first-order valence-corrected chi connectivity index (χ1v) is 9.79. The molecule has 0 radical (unpaired) electrons. The zero-order chi connectivity index (χ0) is 23.5. The number of hydrogen-bond donors (Lipinski definition) is 0. The Morgan fingerprint density at radius 3 is 2.44 bits per heavy atom. The van der Waals surface area contributed by atoms with Gasteiger partial charge in [-0.1, -0.05) is 12.1 Å². The summed E-state index contributed by atoms with van der Waals surface area (Å²) in [6.07, 6.45) is -3.23. The summed E-state index contributed by atoms with van der Waals surface area (Å²) in [6, 6.07) is 7.91. The maximum absolute atomic E-state index is 12.8. The van der Waals surface area contributed by atoms with Gasteiger partial charge in [-0.2, -0.15) is 13.2 Å². The summed E-state index contributed by atoms with van der Waals surface area (Å²) in [6.45, 7) is 0.352. The van der Waals surface area contributed by atoms with Crippen molar-refractivity contribution in [3.8, 4) is 11.5 Å². The van der Waals surface area contributed by atoms with E-state index < -0.39 is 33.5 Å². The van der Waals surface area contributed by atoms with Gasteiger partial charge in [0.2, 0.25) is 5.75 Å². The molecule has 1 heterocycles. The van der Waals surface area contributed by atoms with Crippen LogP contribution in [-0.4, -0.2) is 41.2 Å². The van der Waals surface area contributed by atoms with Crippen LogP contribution in [0.4, 0.5) is 23.7 Å². The maximum Gasteiger partial charge on any atom is 0.416 e. The first kappa shape index (κ1) is 23.3. The molecule has 1 aliphatic heterocycles. The van der Waals surface area contributed by atoms with Crippen LogP contribution < -0.4 is 4.74 Å². The third kappa shape index (κ3) is 5.26. The van der Waals surface area contributed by atoms with E-state index in [1.54, 1.807) is 0 Å². The van der Waals surface area contributed by atoms with E-state index in [-0.39, 0.29) is 29.6 Å². The summed E-state index contributed by atoms with van der Waals surface area (Å²) in [5, 5.41) is 10.8. The Labute approximate surface area is 183 Å². The lowest BCUT2D eigenvalue weighted by atomic mass is 10.1. The number of nitro benzene ring substituents is 1. The van der Waals surface area contributed by atoms with Crippen molar-refractivity contribution < 1.29 is 37.2 Å². The zero-order valence-electron chi connectivity index (χ0n) is 16.4. The highest BCUT2D eigenvalue weighted by Gasteiger charge is 2.35. The maximum atomic E-state index is 12.8. The minimum Gasteiger partial charge on any atom is -0.450 e. The Balaban J connectivity index is 1.77. The summed E-state index contributed by atoms with van der Waals surface area (Å²) < 4.78 is 48.7. The number of carbonyl (C=O) groups excluding carboxylic acids is 2. The Kier molecular flexibility index (Phi) is 6.84. The molecule has 0 bridgehead atoms. The second-order valence-electron chi connectivity index (χ2n) is 6.43. The van der Waals surface area contributed by atoms with Crippen molar-refractivity contribution in [1.29, 1.82) is 0 Å². The molecule has 3 rings (SSSR count). The number of nitro groups is 1. The molecule has 0 aliphatic carbocycles. The summed E-state index contributed by atoms with van der Waals surface area (Å²) in [5.41, 5.74) is -1.43. The van der Waals surface area contributed by atoms with Crippen LogP contribution >= 0.6 is 11.8 Å². The fraction of sp³-hybridized carbons (Fsp3) is 0.200. The molecule has 0 saturated carbocycles. The molecule has 0 unspecified atom stereocenters. The Bertz CT molecular complexity index is 1090. The third-order valence-electron chi connectivity index (χ3n) is 4.28. The Morgan fingerprint density at radius 2 is 1.84 bits per heavy atom. The number of benzene rings is 2. The summed E-state index contributed by atoms with van der Waals surface area (Å²) in [4.78, 5) is 35.8. The lowest BCUT2D eigenvalue weighted by Crippen LogP contribution is -2.31. The molecule has 8 nitrogen and oxygen atoms in total. The van der Waals surface area contributed by atoms with Gasteiger partial charge in [-0.05, 0) is 47.7 Å². The van der Waals surface area contributed by atoms with Crippen LogP contribution in [0.5, 0.6) is 11.5 Å². The topological polar surface area (TPSA) is 99.0 Å². The van der Waals surface area contributed by atoms with E-state index in [0.717, 1.165) is 22.7 Å². The first-order chi connectivity index (χ1) is 15.1. The van der Waals surface area contributed by atoms with Crippen molar-refractivity contribution in [2.24, 2.45) is 0 Å². The molecule has 2 amide bonds. The molecule has 0 spiro atoms. The highest BCUT2D eigenvalue weighted by molar-refractivity contribution is 8.18. The molecule has 168 valence electrons. The average Bonchev–Trinajstić information content (AvgIpc) is 2.99. The predicted octanol–water partition coefficient (Wildman–Crippen LogP) is 5.09. The summed E-state index contributed by atoms with van der Waals surface area (Å²) in [5.74, 6) is -0.661. The lowest BCUT2D eigenvalue weighted by molar-refractivity contribution is -0.385. The summed E-state index contributed by atoms with van der Waals surface area (Å²) in [7, 11) is 1.46. The van der Waals surface area contributed by atoms with Gasteiger partial charge in [0, 0.05) is 13.2 Å². The van der Waals surface area contributed by atoms with Crippen molar-refractivity contribution in [2.45, 2.75) is 6.18 Å². The number of nitrogens with zero attached hydrogens (tertiary/aromatic N) is 2. The molecule has 32 heavy (non-hydrogen) atoms. The van der Waals surface area contributed by atoms with Crippen LogP contribution in [0.25, 0.3) is 6.08 Å². The number of ether oxygens (including phenoxy) is 2. The smallest absolute Gasteiger partial charge is 0.416 e. The van der Waals surface area contributed by atoms with Crippen molar-refractivity contribution in [3.05, 3.63) is 68.6 Å². The number of alkyl halides is 3. The highest BCUT2D eigenvalue weighted by Crippen LogP contribution is 2.38. The van der Waals surface area contributed by atoms with E-state index in [9.17, 15) is 32.9 Å². The number of amides is 2. The molecule has 12 heteroatoms. The van der Waals surface area contributed by atoms with Gasteiger partial charge < -0.3 is 9.47 Å². The van der Waals surface area contributed by atoms with E-state index >= 15 is 0 Å². The third-order valence-corrected chi connectivity index (χ3v) is 5.19. The molecule has 1 fully saturated rings. The van der Waals surface area contributed by atoms with Gasteiger partial charge in [0.05, 0.1) is 28.5 Å². The lowest BCUT2D eigenvalue weighted by Gasteiger charge is -2.11. The van der Waals surface area contributed by atoms with Gasteiger partial charge in [-0.15, -0.1) is 0 Å². The van der Waals surface area contributed by atoms with Gasteiger partial charge >= 0.3 is 11.9 Å². The number of hydrogen-bond acceptors (Lipinski definition) is 7. The summed E-state index contributed by atoms with van der Waals surface area (Å²) >= 11 is 0.787. The molecule has 2 aromatic carbocycles. The molecule has 1 saturated heterocycles. The van der Waals surface area contributed by atoms with Crippen molar-refractivity contribution in [1.82, 2.24) is 4.90 Å². The average molecular weight is 468 g/mol. The normalized spacial score (nSPS) is 15.5. The first-order valence-electron chi connectivity index (χ1n) is 8.98. The number of carbonyl (C=O) groups is 2. The van der Waals surface area contributed by atoms with Gasteiger partial charge in [0.25, 0.3) is 11.1 Å². The molecule has 2 aromatic rings. The van der Waals surface area contributed by atoms with Crippen LogP contribution in [0.3, 0.4) is 0 Å². The molecule has 0 N–H and O–H groups in total. The molecular weight excluding hydrogens is 453 g/mol. The molecule has 0 aromatic heterocycles.